The van der Waals surface area contributed by atoms with E-state index in [2.05, 4.69) is 31.2 Å². The lowest BCUT2D eigenvalue weighted by molar-refractivity contribution is -0.135. The summed E-state index contributed by atoms with van der Waals surface area (Å²) in [5, 5.41) is 2.58. The number of carbonyl (C=O) groups excluding carboxylic acids is 2. The first-order valence-electron chi connectivity index (χ1n) is 10.0. The number of aromatic nitrogens is 2. The van der Waals surface area contributed by atoms with Crippen LogP contribution in [0.4, 0.5) is 9.18 Å². The van der Waals surface area contributed by atoms with Gasteiger partial charge in [0, 0.05) is 11.0 Å². The van der Waals surface area contributed by atoms with Crippen LogP contribution in [0.2, 0.25) is 0 Å². The number of hydrogen-bond donors (Lipinski definition) is 2. The predicted molar refractivity (Wildman–Crippen MR) is 114 cm³/mol. The minimum absolute atomic E-state index is 0.147. The van der Waals surface area contributed by atoms with E-state index in [4.69, 9.17) is 4.74 Å². The molecule has 1 aliphatic rings. The van der Waals surface area contributed by atoms with Gasteiger partial charge < -0.3 is 19.9 Å². The number of nitrogens with one attached hydrogen (secondary N) is 2. The Balaban J connectivity index is 1.74. The van der Waals surface area contributed by atoms with Crippen molar-refractivity contribution in [2.24, 2.45) is 5.92 Å². The summed E-state index contributed by atoms with van der Waals surface area (Å²) < 4.78 is 18.0. The molecular weight excluding hydrogens is 455 g/mol. The molecular formula is C21H26BrFN4O3. The van der Waals surface area contributed by atoms with E-state index >= 15 is 0 Å². The highest BCUT2D eigenvalue weighted by atomic mass is 79.9. The molecule has 3 rings (SSSR count). The van der Waals surface area contributed by atoms with Gasteiger partial charge in [-0.2, -0.15) is 0 Å². The van der Waals surface area contributed by atoms with E-state index in [0.29, 0.717) is 6.54 Å². The van der Waals surface area contributed by atoms with E-state index in [1.54, 1.807) is 11.1 Å². The average molecular weight is 481 g/mol. The SMILES string of the molecule is CC(C)[C@H](NC(=O)OCCF)C(=O)N1CCC[C@H]1c1ncc(-c2ccc(Br)cc2)[nH]1. The van der Waals surface area contributed by atoms with E-state index in [-0.39, 0.29) is 24.5 Å². The monoisotopic (exact) mass is 480 g/mol. The maximum absolute atomic E-state index is 13.2. The van der Waals surface area contributed by atoms with Crippen LogP contribution in [-0.4, -0.2) is 52.7 Å². The number of alkyl halides is 1. The number of rotatable bonds is 7. The number of amides is 2. The number of alkyl carbamates (subject to hydrolysis) is 1. The van der Waals surface area contributed by atoms with E-state index < -0.39 is 18.8 Å². The van der Waals surface area contributed by atoms with Gasteiger partial charge in [0.2, 0.25) is 5.91 Å². The summed E-state index contributed by atoms with van der Waals surface area (Å²) >= 11 is 3.43. The van der Waals surface area contributed by atoms with Crippen molar-refractivity contribution in [1.82, 2.24) is 20.2 Å². The molecule has 0 bridgehead atoms. The summed E-state index contributed by atoms with van der Waals surface area (Å²) in [5.41, 5.74) is 1.88. The second-order valence-electron chi connectivity index (χ2n) is 7.57. The van der Waals surface area contributed by atoms with Gasteiger partial charge in [-0.15, -0.1) is 0 Å². The minimum atomic E-state index is -0.786. The number of likely N-dealkylation sites (tertiary alicyclic amines) is 1. The van der Waals surface area contributed by atoms with Crippen LogP contribution >= 0.6 is 15.9 Å². The number of benzene rings is 1. The van der Waals surface area contributed by atoms with Crippen molar-refractivity contribution in [3.05, 3.63) is 40.8 Å². The van der Waals surface area contributed by atoms with Gasteiger partial charge in [0.05, 0.1) is 17.9 Å². The molecule has 9 heteroatoms. The van der Waals surface area contributed by atoms with Crippen molar-refractivity contribution in [3.8, 4) is 11.3 Å². The predicted octanol–water partition coefficient (Wildman–Crippen LogP) is 4.22. The number of carbonyl (C=O) groups is 2. The summed E-state index contributed by atoms with van der Waals surface area (Å²) in [4.78, 5) is 34.7. The highest BCUT2D eigenvalue weighted by Gasteiger charge is 2.37. The molecule has 2 heterocycles. The van der Waals surface area contributed by atoms with Crippen molar-refractivity contribution in [2.75, 3.05) is 19.8 Å². The molecule has 162 valence electrons. The fourth-order valence-electron chi connectivity index (χ4n) is 3.59. The fraction of sp³-hybridized carbons (Fsp3) is 0.476. The molecule has 2 atom stereocenters. The van der Waals surface area contributed by atoms with Gasteiger partial charge in [-0.25, -0.2) is 14.2 Å². The Morgan fingerprint density at radius 3 is 2.77 bits per heavy atom. The van der Waals surface area contributed by atoms with E-state index in [1.807, 2.05) is 38.1 Å². The van der Waals surface area contributed by atoms with Crippen molar-refractivity contribution >= 4 is 27.9 Å². The molecule has 7 nitrogen and oxygen atoms in total. The Labute approximate surface area is 183 Å². The first-order valence-corrected chi connectivity index (χ1v) is 10.8. The molecule has 1 aliphatic heterocycles. The number of hydrogen-bond acceptors (Lipinski definition) is 4. The first kappa shape index (κ1) is 22.3. The minimum Gasteiger partial charge on any atom is -0.447 e. The molecule has 0 unspecified atom stereocenters. The molecule has 0 radical (unpaired) electrons. The van der Waals surface area contributed by atoms with Crippen molar-refractivity contribution in [2.45, 2.75) is 38.8 Å². The molecule has 1 fully saturated rings. The Morgan fingerprint density at radius 1 is 1.37 bits per heavy atom. The Hall–Kier alpha value is -2.42. The highest BCUT2D eigenvalue weighted by molar-refractivity contribution is 9.10. The van der Waals surface area contributed by atoms with Crippen LogP contribution in [-0.2, 0) is 9.53 Å². The van der Waals surface area contributed by atoms with Gasteiger partial charge in [0.15, 0.2) is 0 Å². The van der Waals surface area contributed by atoms with Crippen LogP contribution in [0.5, 0.6) is 0 Å². The molecule has 2 aromatic rings. The third-order valence-corrected chi connectivity index (χ3v) is 5.65. The van der Waals surface area contributed by atoms with Crippen molar-refractivity contribution < 1.29 is 18.7 Å². The Morgan fingerprint density at radius 2 is 2.10 bits per heavy atom. The first-order chi connectivity index (χ1) is 14.4. The topological polar surface area (TPSA) is 87.3 Å². The lowest BCUT2D eigenvalue weighted by Gasteiger charge is -2.30. The molecule has 0 aliphatic carbocycles. The average Bonchev–Trinajstić information content (AvgIpc) is 3.39. The van der Waals surface area contributed by atoms with E-state index in [9.17, 15) is 14.0 Å². The van der Waals surface area contributed by atoms with Crippen LogP contribution in [0.15, 0.2) is 34.9 Å². The summed E-state index contributed by atoms with van der Waals surface area (Å²) in [6.45, 7) is 3.19. The number of imidazole rings is 1. The largest absolute Gasteiger partial charge is 0.447 e. The van der Waals surface area contributed by atoms with Crippen molar-refractivity contribution in [3.63, 3.8) is 0 Å². The number of nitrogens with zero attached hydrogens (tertiary/aromatic N) is 2. The molecule has 0 spiro atoms. The van der Waals surface area contributed by atoms with Crippen LogP contribution in [0, 0.1) is 5.92 Å². The smallest absolute Gasteiger partial charge is 0.407 e. The molecule has 0 saturated carbocycles. The number of aromatic amines is 1. The van der Waals surface area contributed by atoms with Gasteiger partial charge in [0.1, 0.15) is 25.1 Å². The Kier molecular flexibility index (Phi) is 7.47. The van der Waals surface area contributed by atoms with E-state index in [1.165, 1.54) is 0 Å². The lowest BCUT2D eigenvalue weighted by Crippen LogP contribution is -2.51. The summed E-state index contributed by atoms with van der Waals surface area (Å²) in [6.07, 6.45) is 2.62. The number of halogens is 2. The number of ether oxygens (including phenoxy) is 1. The van der Waals surface area contributed by atoms with E-state index in [0.717, 1.165) is 34.4 Å². The van der Waals surface area contributed by atoms with Crippen LogP contribution in [0.1, 0.15) is 38.6 Å². The maximum atomic E-state index is 13.2. The fourth-order valence-corrected chi connectivity index (χ4v) is 3.85. The Bertz CT molecular complexity index is 871. The van der Waals surface area contributed by atoms with Crippen molar-refractivity contribution in [1.29, 1.82) is 0 Å². The van der Waals surface area contributed by atoms with Crippen LogP contribution < -0.4 is 5.32 Å². The standard InChI is InChI=1S/C21H26BrFN4O3/c1-13(2)18(26-21(29)30-11-9-23)20(28)27-10-3-4-17(27)19-24-12-16(25-19)14-5-7-15(22)8-6-14/h5-8,12-13,17-18H,3-4,9-11H2,1-2H3,(H,24,25)(H,26,29)/t17-,18-/m0/s1. The third kappa shape index (κ3) is 5.19. The lowest BCUT2D eigenvalue weighted by atomic mass is 10.0. The zero-order chi connectivity index (χ0) is 21.7. The summed E-state index contributed by atoms with van der Waals surface area (Å²) in [7, 11) is 0. The second-order valence-corrected chi connectivity index (χ2v) is 8.49. The normalized spacial score (nSPS) is 17.2. The molecule has 30 heavy (non-hydrogen) atoms. The molecule has 2 amide bonds. The second kappa shape index (κ2) is 10.1. The summed E-state index contributed by atoms with van der Waals surface area (Å²) in [6, 6.07) is 6.95. The molecule has 1 saturated heterocycles. The summed E-state index contributed by atoms with van der Waals surface area (Å²) in [5.74, 6) is 0.388. The zero-order valence-corrected chi connectivity index (χ0v) is 18.6. The highest BCUT2D eigenvalue weighted by Crippen LogP contribution is 2.32. The van der Waals surface area contributed by atoms with Gasteiger partial charge in [0.25, 0.3) is 0 Å². The number of H-pyrrole nitrogens is 1. The van der Waals surface area contributed by atoms with Gasteiger partial charge >= 0.3 is 6.09 Å². The van der Waals surface area contributed by atoms with Gasteiger partial charge in [-0.1, -0.05) is 41.9 Å². The van der Waals surface area contributed by atoms with Crippen LogP contribution in [0.3, 0.4) is 0 Å². The maximum Gasteiger partial charge on any atom is 0.407 e. The molecule has 2 N–H and O–H groups in total. The van der Waals surface area contributed by atoms with Gasteiger partial charge in [-0.05, 0) is 36.5 Å². The third-order valence-electron chi connectivity index (χ3n) is 5.12. The quantitative estimate of drug-likeness (QED) is 0.620. The molecule has 1 aromatic carbocycles. The molecule has 1 aromatic heterocycles. The van der Waals surface area contributed by atoms with Gasteiger partial charge in [-0.3, -0.25) is 4.79 Å². The van der Waals surface area contributed by atoms with Crippen LogP contribution in [0.25, 0.3) is 11.3 Å². The zero-order valence-electron chi connectivity index (χ0n) is 17.0.